The number of ether oxygens (including phenoxy) is 1. The lowest BCUT2D eigenvalue weighted by molar-refractivity contribution is -0.147. The fourth-order valence-corrected chi connectivity index (χ4v) is 3.95. The number of rotatable bonds is 25. The number of hydrogen-bond donors (Lipinski definition) is 3. The van der Waals surface area contributed by atoms with E-state index in [-0.39, 0.29) is 32.1 Å². The average Bonchev–Trinajstić information content (AvgIpc) is 2.89. The summed E-state index contributed by atoms with van der Waals surface area (Å²) in [5.74, 6) is -0.577. The molecule has 0 fully saturated rings. The van der Waals surface area contributed by atoms with Crippen LogP contribution in [0.4, 0.5) is 0 Å². The highest BCUT2D eigenvalue weighted by Gasteiger charge is 2.23. The number of aliphatic hydroxyl groups is 1. The highest BCUT2D eigenvalue weighted by molar-refractivity contribution is 7.47. The first-order valence-corrected chi connectivity index (χ1v) is 15.5. The fraction of sp³-hybridized carbons (Fsp3) is 0.714. The minimum absolute atomic E-state index is 0.0725. The summed E-state index contributed by atoms with van der Waals surface area (Å²) in [6.07, 6.45) is 23.2. The lowest BCUT2D eigenvalue weighted by Crippen LogP contribution is -2.27. The Morgan fingerprint density at radius 1 is 0.842 bits per heavy atom. The Morgan fingerprint density at radius 2 is 1.50 bits per heavy atom. The van der Waals surface area contributed by atoms with E-state index in [2.05, 4.69) is 48.7 Å². The molecule has 1 amide bonds. The first-order valence-electron chi connectivity index (χ1n) is 14.0. The Bertz CT molecular complexity index is 738. The maximum absolute atomic E-state index is 11.8. The number of carbonyl (C=O) groups is 2. The molecule has 0 aliphatic heterocycles. The Kier molecular flexibility index (Phi) is 24.3. The predicted octanol–water partition coefficient (Wildman–Crippen LogP) is 5.92. The molecule has 0 aliphatic carbocycles. The van der Waals surface area contributed by atoms with Crippen LogP contribution in [0, 0.1) is 0 Å². The molecule has 0 aromatic heterocycles. The zero-order valence-electron chi connectivity index (χ0n) is 23.4. The van der Waals surface area contributed by atoms with Crippen LogP contribution >= 0.6 is 7.82 Å². The number of unbranched alkanes of at least 4 members (excludes halogenated alkanes) is 6. The minimum Gasteiger partial charge on any atom is -0.463 e. The fourth-order valence-electron chi connectivity index (χ4n) is 3.19. The summed E-state index contributed by atoms with van der Waals surface area (Å²) >= 11 is 0. The first-order chi connectivity index (χ1) is 18.3. The SMILES string of the molecule is CC/C=C\C/C=C\C/C=C\CCCCCCCC(=O)OCC(O)COP(=O)(O)OCCNC(=O)CCCC. The summed E-state index contributed by atoms with van der Waals surface area (Å²) in [5.41, 5.74) is 0. The van der Waals surface area contributed by atoms with Crippen molar-refractivity contribution in [1.82, 2.24) is 5.32 Å². The number of hydrogen-bond acceptors (Lipinski definition) is 7. The van der Waals surface area contributed by atoms with Crippen molar-refractivity contribution in [1.29, 1.82) is 0 Å². The molecular formula is C28H50NO8P. The van der Waals surface area contributed by atoms with E-state index in [1.54, 1.807) is 0 Å². The van der Waals surface area contributed by atoms with Gasteiger partial charge in [0, 0.05) is 19.4 Å². The number of nitrogens with one attached hydrogen (secondary N) is 1. The normalized spacial score (nSPS) is 14.3. The van der Waals surface area contributed by atoms with E-state index in [1.807, 2.05) is 6.92 Å². The monoisotopic (exact) mass is 559 g/mol. The van der Waals surface area contributed by atoms with Crippen molar-refractivity contribution in [2.24, 2.45) is 0 Å². The molecule has 220 valence electrons. The van der Waals surface area contributed by atoms with E-state index in [1.165, 1.54) is 0 Å². The standard InChI is InChI=1S/C28H50NO8P/c1-3-5-7-8-9-10-11-12-13-14-15-16-17-18-19-21-28(32)35-24-26(30)25-37-38(33,34)36-23-22-29-27(31)20-6-4-2/h5,7,9-10,12-13,26,30H,3-4,6,8,11,14-25H2,1-2H3,(H,29,31)(H,33,34)/b7-5-,10-9-,13-12-. The quantitative estimate of drug-likeness (QED) is 0.0544. The number of allylic oxidation sites excluding steroid dienone is 6. The summed E-state index contributed by atoms with van der Waals surface area (Å²) in [7, 11) is -4.38. The van der Waals surface area contributed by atoms with E-state index in [0.717, 1.165) is 64.2 Å². The van der Waals surface area contributed by atoms with Gasteiger partial charge >= 0.3 is 13.8 Å². The zero-order valence-corrected chi connectivity index (χ0v) is 24.2. The van der Waals surface area contributed by atoms with Crippen molar-refractivity contribution >= 4 is 19.7 Å². The lowest BCUT2D eigenvalue weighted by atomic mass is 10.1. The van der Waals surface area contributed by atoms with E-state index in [9.17, 15) is 24.2 Å². The molecule has 0 heterocycles. The molecule has 9 nitrogen and oxygen atoms in total. The third-order valence-electron chi connectivity index (χ3n) is 5.33. The van der Waals surface area contributed by atoms with E-state index in [4.69, 9.17) is 13.8 Å². The van der Waals surface area contributed by atoms with Gasteiger partial charge in [-0.1, -0.05) is 76.0 Å². The summed E-state index contributed by atoms with van der Waals surface area (Å²) in [6.45, 7) is 3.12. The van der Waals surface area contributed by atoms with Gasteiger partial charge in [-0.2, -0.15) is 0 Å². The Hall–Kier alpha value is -1.77. The van der Waals surface area contributed by atoms with Gasteiger partial charge in [0.1, 0.15) is 12.7 Å². The molecule has 3 N–H and O–H groups in total. The van der Waals surface area contributed by atoms with Gasteiger partial charge in [0.05, 0.1) is 13.2 Å². The van der Waals surface area contributed by atoms with E-state index >= 15 is 0 Å². The number of aliphatic hydroxyl groups excluding tert-OH is 1. The maximum Gasteiger partial charge on any atom is 0.472 e. The van der Waals surface area contributed by atoms with Gasteiger partial charge in [-0.05, 0) is 44.9 Å². The lowest BCUT2D eigenvalue weighted by Gasteiger charge is -2.15. The molecular weight excluding hydrogens is 509 g/mol. The summed E-state index contributed by atoms with van der Waals surface area (Å²) < 4.78 is 26.3. The van der Waals surface area contributed by atoms with Crippen LogP contribution in [0.5, 0.6) is 0 Å². The van der Waals surface area contributed by atoms with Crippen LogP contribution in [-0.4, -0.2) is 54.3 Å². The van der Waals surface area contributed by atoms with Crippen molar-refractivity contribution in [2.45, 2.75) is 103 Å². The first kappa shape index (κ1) is 36.2. The van der Waals surface area contributed by atoms with Gasteiger partial charge in [-0.15, -0.1) is 0 Å². The molecule has 2 atom stereocenters. The number of amides is 1. The van der Waals surface area contributed by atoms with Crippen LogP contribution in [-0.2, 0) is 27.9 Å². The minimum atomic E-state index is -4.38. The van der Waals surface area contributed by atoms with Gasteiger partial charge in [-0.25, -0.2) is 4.57 Å². The Labute approximate surface area is 229 Å². The second-order valence-electron chi connectivity index (χ2n) is 8.99. The Balaban J connectivity index is 3.68. The van der Waals surface area contributed by atoms with Crippen LogP contribution in [0.1, 0.15) is 97.3 Å². The summed E-state index contributed by atoms with van der Waals surface area (Å²) in [5, 5.41) is 12.4. The highest BCUT2D eigenvalue weighted by atomic mass is 31.2. The molecule has 0 aliphatic rings. The maximum atomic E-state index is 11.8. The number of phosphoric ester groups is 1. The second kappa shape index (κ2) is 25.5. The zero-order chi connectivity index (χ0) is 28.3. The van der Waals surface area contributed by atoms with E-state index in [0.29, 0.717) is 12.8 Å². The molecule has 10 heteroatoms. The van der Waals surface area contributed by atoms with E-state index < -0.39 is 26.5 Å². The van der Waals surface area contributed by atoms with Gasteiger partial charge in [0.25, 0.3) is 0 Å². The van der Waals surface area contributed by atoms with Crippen molar-refractivity contribution in [3.05, 3.63) is 36.5 Å². The van der Waals surface area contributed by atoms with Crippen LogP contribution in [0.25, 0.3) is 0 Å². The summed E-state index contributed by atoms with van der Waals surface area (Å²) in [6, 6.07) is 0. The highest BCUT2D eigenvalue weighted by Crippen LogP contribution is 2.42. The van der Waals surface area contributed by atoms with Crippen molar-refractivity contribution in [3.8, 4) is 0 Å². The van der Waals surface area contributed by atoms with Crippen molar-refractivity contribution in [2.75, 3.05) is 26.4 Å². The molecule has 0 radical (unpaired) electrons. The molecule has 38 heavy (non-hydrogen) atoms. The number of esters is 1. The average molecular weight is 560 g/mol. The molecule has 0 aromatic rings. The van der Waals surface area contributed by atoms with Crippen LogP contribution < -0.4 is 5.32 Å². The third kappa shape index (κ3) is 25.9. The number of carbonyl (C=O) groups excluding carboxylic acids is 2. The van der Waals surface area contributed by atoms with Crippen LogP contribution in [0.2, 0.25) is 0 Å². The third-order valence-corrected chi connectivity index (χ3v) is 6.32. The Morgan fingerprint density at radius 3 is 2.21 bits per heavy atom. The largest absolute Gasteiger partial charge is 0.472 e. The molecule has 0 saturated heterocycles. The molecule has 2 unspecified atom stereocenters. The van der Waals surface area contributed by atoms with Crippen LogP contribution in [0.3, 0.4) is 0 Å². The summed E-state index contributed by atoms with van der Waals surface area (Å²) in [4.78, 5) is 32.9. The predicted molar refractivity (Wildman–Crippen MR) is 150 cm³/mol. The topological polar surface area (TPSA) is 131 Å². The number of phosphoric acid groups is 1. The second-order valence-corrected chi connectivity index (χ2v) is 10.4. The van der Waals surface area contributed by atoms with Crippen molar-refractivity contribution < 1.29 is 37.9 Å². The van der Waals surface area contributed by atoms with Gasteiger partial charge < -0.3 is 20.1 Å². The van der Waals surface area contributed by atoms with Crippen LogP contribution in [0.15, 0.2) is 36.5 Å². The molecule has 0 saturated carbocycles. The van der Waals surface area contributed by atoms with Gasteiger partial charge in [0.15, 0.2) is 0 Å². The van der Waals surface area contributed by atoms with Gasteiger partial charge in [-0.3, -0.25) is 18.6 Å². The van der Waals surface area contributed by atoms with Gasteiger partial charge in [0.2, 0.25) is 5.91 Å². The molecule has 0 aromatic carbocycles. The molecule has 0 bridgehead atoms. The van der Waals surface area contributed by atoms with Crippen molar-refractivity contribution in [3.63, 3.8) is 0 Å². The smallest absolute Gasteiger partial charge is 0.463 e. The molecule has 0 rings (SSSR count). The molecule has 0 spiro atoms.